The van der Waals surface area contributed by atoms with Crippen molar-refractivity contribution in [2.45, 2.75) is 24.7 Å². The highest BCUT2D eigenvalue weighted by Crippen LogP contribution is 2.18. The van der Waals surface area contributed by atoms with Crippen molar-refractivity contribution in [1.29, 1.82) is 0 Å². The number of carbonyl (C=O) groups is 1. The minimum absolute atomic E-state index is 0.124. The number of hydrogen-bond acceptors (Lipinski definition) is 5. The molecule has 1 amide bonds. The fraction of sp³-hybridized carbons (Fsp3) is 0.333. The van der Waals surface area contributed by atoms with Gasteiger partial charge in [0, 0.05) is 24.9 Å². The van der Waals surface area contributed by atoms with E-state index < -0.39 is 18.3 Å². The summed E-state index contributed by atoms with van der Waals surface area (Å²) in [6.07, 6.45) is -0.369. The maximum absolute atomic E-state index is 12.2. The molecule has 0 aliphatic carbocycles. The first-order valence-electron chi connectivity index (χ1n) is 7.92. The van der Waals surface area contributed by atoms with E-state index in [-0.39, 0.29) is 12.5 Å². The zero-order valence-electron chi connectivity index (χ0n) is 13.1. The Labute approximate surface area is 140 Å². The van der Waals surface area contributed by atoms with Crippen LogP contribution in [0.25, 0.3) is 11.1 Å². The van der Waals surface area contributed by atoms with Crippen LogP contribution < -0.4 is 5.32 Å². The fourth-order valence-corrected chi connectivity index (χ4v) is 2.65. The minimum Gasteiger partial charge on any atom is -0.390 e. The Balaban J connectivity index is 1.59. The van der Waals surface area contributed by atoms with E-state index in [1.807, 2.05) is 36.4 Å². The number of nitrogens with zero attached hydrogens (tertiary/aromatic N) is 1. The molecule has 3 rings (SSSR count). The molecule has 1 aliphatic rings. The number of pyridine rings is 1. The number of benzene rings is 1. The highest BCUT2D eigenvalue weighted by Gasteiger charge is 2.31. The molecular formula is C18H20N2O4. The van der Waals surface area contributed by atoms with Crippen LogP contribution in [-0.4, -0.2) is 52.6 Å². The lowest BCUT2D eigenvalue weighted by molar-refractivity contribution is -0.132. The molecule has 1 saturated heterocycles. The standard InChI is InChI=1S/C18H20N2O4/c21-15-8-9-24-16(17(15)22)11-20-18(23)14-7-6-13(10-19-14)12-4-2-1-3-5-12/h1-7,10,15-17,21-22H,8-9,11H2,(H,20,23). The van der Waals surface area contributed by atoms with E-state index in [9.17, 15) is 15.0 Å². The summed E-state index contributed by atoms with van der Waals surface area (Å²) < 4.78 is 5.38. The number of ether oxygens (including phenoxy) is 1. The van der Waals surface area contributed by atoms with Gasteiger partial charge in [0.05, 0.1) is 6.10 Å². The Kier molecular flexibility index (Phi) is 5.20. The van der Waals surface area contributed by atoms with Gasteiger partial charge >= 0.3 is 0 Å². The van der Waals surface area contributed by atoms with E-state index in [1.54, 1.807) is 12.3 Å². The van der Waals surface area contributed by atoms with Crippen molar-refractivity contribution in [2.24, 2.45) is 0 Å². The monoisotopic (exact) mass is 328 g/mol. The van der Waals surface area contributed by atoms with Crippen molar-refractivity contribution >= 4 is 5.91 Å². The predicted octanol–water partition coefficient (Wildman–Crippen LogP) is 0.989. The van der Waals surface area contributed by atoms with Crippen molar-refractivity contribution in [3.05, 3.63) is 54.4 Å². The molecule has 0 spiro atoms. The molecule has 6 heteroatoms. The molecule has 24 heavy (non-hydrogen) atoms. The van der Waals surface area contributed by atoms with Crippen LogP contribution in [0.3, 0.4) is 0 Å². The molecular weight excluding hydrogens is 308 g/mol. The maximum Gasteiger partial charge on any atom is 0.269 e. The summed E-state index contributed by atoms with van der Waals surface area (Å²) in [5, 5.41) is 22.1. The van der Waals surface area contributed by atoms with Crippen molar-refractivity contribution in [3.8, 4) is 11.1 Å². The number of aliphatic hydroxyl groups excluding tert-OH is 2. The molecule has 0 bridgehead atoms. The fourth-order valence-electron chi connectivity index (χ4n) is 2.65. The van der Waals surface area contributed by atoms with Crippen LogP contribution in [0.4, 0.5) is 0 Å². The largest absolute Gasteiger partial charge is 0.390 e. The first-order valence-corrected chi connectivity index (χ1v) is 7.92. The van der Waals surface area contributed by atoms with Gasteiger partial charge in [0.25, 0.3) is 5.91 Å². The van der Waals surface area contributed by atoms with Crippen molar-refractivity contribution in [3.63, 3.8) is 0 Å². The third kappa shape index (κ3) is 3.79. The summed E-state index contributed by atoms with van der Waals surface area (Å²) in [6.45, 7) is 0.488. The molecule has 1 aromatic heterocycles. The second-order valence-electron chi connectivity index (χ2n) is 5.76. The molecule has 3 atom stereocenters. The van der Waals surface area contributed by atoms with Crippen LogP contribution in [0.5, 0.6) is 0 Å². The first kappa shape index (κ1) is 16.6. The van der Waals surface area contributed by atoms with Gasteiger partial charge in [-0.05, 0) is 18.1 Å². The van der Waals surface area contributed by atoms with Gasteiger partial charge in [-0.2, -0.15) is 0 Å². The van der Waals surface area contributed by atoms with E-state index >= 15 is 0 Å². The van der Waals surface area contributed by atoms with Gasteiger partial charge < -0.3 is 20.3 Å². The van der Waals surface area contributed by atoms with Gasteiger partial charge in [-0.3, -0.25) is 9.78 Å². The highest BCUT2D eigenvalue weighted by molar-refractivity contribution is 5.92. The minimum atomic E-state index is -0.993. The Hall–Kier alpha value is -2.28. The third-order valence-electron chi connectivity index (χ3n) is 4.09. The number of carbonyl (C=O) groups excluding carboxylic acids is 1. The van der Waals surface area contributed by atoms with E-state index in [1.165, 1.54) is 0 Å². The third-order valence-corrected chi connectivity index (χ3v) is 4.09. The van der Waals surface area contributed by atoms with Crippen LogP contribution >= 0.6 is 0 Å². The predicted molar refractivity (Wildman–Crippen MR) is 88.4 cm³/mol. The molecule has 1 aliphatic heterocycles. The summed E-state index contributed by atoms with van der Waals surface area (Å²) >= 11 is 0. The van der Waals surface area contributed by atoms with Crippen molar-refractivity contribution in [1.82, 2.24) is 10.3 Å². The average molecular weight is 328 g/mol. The Bertz CT molecular complexity index is 675. The number of aromatic nitrogens is 1. The zero-order valence-corrected chi connectivity index (χ0v) is 13.1. The molecule has 0 saturated carbocycles. The molecule has 126 valence electrons. The van der Waals surface area contributed by atoms with Crippen molar-refractivity contribution < 1.29 is 19.7 Å². The molecule has 2 heterocycles. The molecule has 2 aromatic rings. The molecule has 3 unspecified atom stereocenters. The lowest BCUT2D eigenvalue weighted by Gasteiger charge is -2.31. The van der Waals surface area contributed by atoms with E-state index in [4.69, 9.17) is 4.74 Å². The lowest BCUT2D eigenvalue weighted by Crippen LogP contribution is -2.49. The lowest BCUT2D eigenvalue weighted by atomic mass is 10.0. The van der Waals surface area contributed by atoms with E-state index in [0.717, 1.165) is 11.1 Å². The summed E-state index contributed by atoms with van der Waals surface area (Å²) in [5.74, 6) is -0.342. The van der Waals surface area contributed by atoms with Crippen LogP contribution in [0, 0.1) is 0 Å². The summed E-state index contributed by atoms with van der Waals surface area (Å²) in [5.41, 5.74) is 2.26. The Morgan fingerprint density at radius 1 is 1.17 bits per heavy atom. The van der Waals surface area contributed by atoms with Gasteiger partial charge in [-0.1, -0.05) is 36.4 Å². The Morgan fingerprint density at radius 2 is 1.96 bits per heavy atom. The first-order chi connectivity index (χ1) is 11.6. The number of aliphatic hydroxyl groups is 2. The summed E-state index contributed by atoms with van der Waals surface area (Å²) in [4.78, 5) is 16.3. The highest BCUT2D eigenvalue weighted by atomic mass is 16.5. The van der Waals surface area contributed by atoms with Crippen LogP contribution in [0.1, 0.15) is 16.9 Å². The quantitative estimate of drug-likeness (QED) is 0.778. The Morgan fingerprint density at radius 3 is 2.67 bits per heavy atom. The number of hydrogen-bond donors (Lipinski definition) is 3. The van der Waals surface area contributed by atoms with Gasteiger partial charge in [0.1, 0.15) is 17.9 Å². The maximum atomic E-state index is 12.2. The van der Waals surface area contributed by atoms with Gasteiger partial charge in [0.2, 0.25) is 0 Å². The van der Waals surface area contributed by atoms with Gasteiger partial charge in [0.15, 0.2) is 0 Å². The number of amides is 1. The second-order valence-corrected chi connectivity index (χ2v) is 5.76. The summed E-state index contributed by atoms with van der Waals surface area (Å²) in [7, 11) is 0. The van der Waals surface area contributed by atoms with Crippen molar-refractivity contribution in [2.75, 3.05) is 13.2 Å². The SMILES string of the molecule is O=C(NCC1OCCC(O)C1O)c1ccc(-c2ccccc2)cn1. The van der Waals surface area contributed by atoms with Crippen LogP contribution in [-0.2, 0) is 4.74 Å². The average Bonchev–Trinajstić information content (AvgIpc) is 2.63. The van der Waals surface area contributed by atoms with Crippen LogP contribution in [0.15, 0.2) is 48.7 Å². The normalized spacial score (nSPS) is 23.7. The smallest absolute Gasteiger partial charge is 0.269 e. The van der Waals surface area contributed by atoms with Crippen LogP contribution in [0.2, 0.25) is 0 Å². The summed E-state index contributed by atoms with van der Waals surface area (Å²) in [6, 6.07) is 13.3. The van der Waals surface area contributed by atoms with E-state index in [2.05, 4.69) is 10.3 Å². The van der Waals surface area contributed by atoms with E-state index in [0.29, 0.717) is 18.7 Å². The molecule has 0 radical (unpaired) electrons. The molecule has 1 fully saturated rings. The zero-order chi connectivity index (χ0) is 16.9. The molecule has 3 N–H and O–H groups in total. The molecule has 6 nitrogen and oxygen atoms in total. The van der Waals surface area contributed by atoms with Gasteiger partial charge in [-0.15, -0.1) is 0 Å². The number of rotatable bonds is 4. The molecule has 1 aromatic carbocycles. The topological polar surface area (TPSA) is 91.7 Å². The second kappa shape index (κ2) is 7.53. The van der Waals surface area contributed by atoms with Gasteiger partial charge in [-0.25, -0.2) is 0 Å². The number of nitrogens with one attached hydrogen (secondary N) is 1.